The van der Waals surface area contributed by atoms with Gasteiger partial charge in [0, 0.05) is 17.0 Å². The maximum Gasteiger partial charge on any atom is 0.120 e. The Labute approximate surface area is 256 Å². The van der Waals surface area contributed by atoms with Gasteiger partial charge in [-0.2, -0.15) is 0 Å². The summed E-state index contributed by atoms with van der Waals surface area (Å²) in [6, 6.07) is 25.0. The van der Waals surface area contributed by atoms with Crippen LogP contribution in [0.2, 0.25) is 0 Å². The molecule has 1 atom stereocenters. The molecule has 0 fully saturated rings. The average molecular weight is 599 g/mol. The summed E-state index contributed by atoms with van der Waals surface area (Å²) in [6.45, 7) is 13.7. The second kappa shape index (κ2) is 24.4. The molecule has 0 heterocycles. The van der Waals surface area contributed by atoms with Crippen LogP contribution in [-0.4, -0.2) is 39.0 Å². The third-order valence-electron chi connectivity index (χ3n) is 5.39. The number of aryl methyl sites for hydroxylation is 1. The molecule has 40 heavy (non-hydrogen) atoms. The minimum absolute atomic E-state index is 0.168. The van der Waals surface area contributed by atoms with E-state index in [0.29, 0.717) is 6.61 Å². The summed E-state index contributed by atoms with van der Waals surface area (Å²) >= 11 is 5.43. The Hall–Kier alpha value is -2.45. The molecule has 1 unspecified atom stereocenters. The van der Waals surface area contributed by atoms with E-state index in [0.717, 1.165) is 41.9 Å². The highest BCUT2D eigenvalue weighted by Crippen LogP contribution is 2.40. The van der Waals surface area contributed by atoms with Gasteiger partial charge in [0.05, 0.1) is 6.61 Å². The lowest BCUT2D eigenvalue weighted by molar-refractivity contribution is -0.106. The standard InChI is InChI=1S/C28H32N2OS.C2H4O.C2H6.CH4S2/c1-21-13-14-26(31-16-8-15-30-3)19-28(21)32-22(2)27(25-11-5-4-6-12-25)18-23-9-7-10-24(17-23)20-29;1-2-3;1-2;1-3-2/h4-7,9-14,17,19-20,27,29-30H,2,8,15-16,18H2,1,3H3;2H,1H3;1-2H3;2H,1H3. The van der Waals surface area contributed by atoms with Crippen molar-refractivity contribution in [2.45, 2.75) is 51.3 Å². The smallest absolute Gasteiger partial charge is 0.120 e. The van der Waals surface area contributed by atoms with Gasteiger partial charge in [-0.25, -0.2) is 0 Å². The summed E-state index contributed by atoms with van der Waals surface area (Å²) < 4.78 is 5.95. The minimum atomic E-state index is 0.168. The number of thiol groups is 1. The Morgan fingerprint density at radius 3 is 2.35 bits per heavy atom. The number of ether oxygens (including phenoxy) is 1. The molecule has 7 heteroatoms. The molecule has 0 aliphatic rings. The van der Waals surface area contributed by atoms with Crippen LogP contribution < -0.4 is 10.1 Å². The van der Waals surface area contributed by atoms with Crippen LogP contribution in [0.4, 0.5) is 0 Å². The van der Waals surface area contributed by atoms with Gasteiger partial charge in [0.1, 0.15) is 12.0 Å². The van der Waals surface area contributed by atoms with Crippen LogP contribution in [0.5, 0.6) is 5.75 Å². The molecule has 0 aliphatic heterocycles. The van der Waals surface area contributed by atoms with E-state index in [2.05, 4.69) is 79.0 Å². The van der Waals surface area contributed by atoms with E-state index < -0.39 is 0 Å². The van der Waals surface area contributed by atoms with Crippen molar-refractivity contribution in [3.8, 4) is 5.75 Å². The third-order valence-corrected chi connectivity index (χ3v) is 6.60. The lowest BCUT2D eigenvalue weighted by Gasteiger charge is -2.21. The van der Waals surface area contributed by atoms with E-state index in [4.69, 9.17) is 14.9 Å². The number of aldehydes is 1. The van der Waals surface area contributed by atoms with Gasteiger partial charge in [-0.15, -0.1) is 22.5 Å². The number of allylic oxidation sites excluding steroid dienone is 1. The summed E-state index contributed by atoms with van der Waals surface area (Å²) in [7, 11) is 3.40. The number of benzene rings is 3. The molecule has 0 bridgehead atoms. The molecule has 2 N–H and O–H groups in total. The topological polar surface area (TPSA) is 62.2 Å². The van der Waals surface area contributed by atoms with Crippen molar-refractivity contribution in [3.05, 3.63) is 107 Å². The van der Waals surface area contributed by atoms with Gasteiger partial charge in [0.2, 0.25) is 0 Å². The van der Waals surface area contributed by atoms with E-state index >= 15 is 0 Å². The monoisotopic (exact) mass is 598 g/mol. The molecule has 218 valence electrons. The van der Waals surface area contributed by atoms with Crippen LogP contribution in [0.15, 0.2) is 89.2 Å². The fourth-order valence-electron chi connectivity index (χ4n) is 3.58. The molecule has 3 aromatic rings. The van der Waals surface area contributed by atoms with Crippen molar-refractivity contribution in [2.75, 3.05) is 26.5 Å². The predicted octanol–water partition coefficient (Wildman–Crippen LogP) is 9.04. The first kappa shape index (κ1) is 37.6. The highest BCUT2D eigenvalue weighted by atomic mass is 33.1. The van der Waals surface area contributed by atoms with Crippen LogP contribution in [0, 0.1) is 12.3 Å². The molecule has 0 aliphatic carbocycles. The molecule has 3 aromatic carbocycles. The van der Waals surface area contributed by atoms with Crippen molar-refractivity contribution in [2.24, 2.45) is 0 Å². The van der Waals surface area contributed by atoms with Gasteiger partial charge in [-0.3, -0.25) is 0 Å². The molecular weight excluding hydrogens is 553 g/mol. The minimum Gasteiger partial charge on any atom is -0.494 e. The average Bonchev–Trinajstić information content (AvgIpc) is 2.98. The van der Waals surface area contributed by atoms with Crippen molar-refractivity contribution in [1.82, 2.24) is 5.32 Å². The van der Waals surface area contributed by atoms with E-state index in [1.54, 1.807) is 11.8 Å². The van der Waals surface area contributed by atoms with Gasteiger partial charge >= 0.3 is 0 Å². The Morgan fingerprint density at radius 1 is 1.10 bits per heavy atom. The second-order valence-electron chi connectivity index (χ2n) is 8.28. The van der Waals surface area contributed by atoms with E-state index in [9.17, 15) is 0 Å². The Kier molecular flexibility index (Phi) is 22.9. The fraction of sp³-hybridized carbons (Fsp3) is 0.333. The van der Waals surface area contributed by atoms with Crippen LogP contribution in [0.25, 0.3) is 0 Å². The van der Waals surface area contributed by atoms with Crippen molar-refractivity contribution in [1.29, 1.82) is 5.41 Å². The normalized spacial score (nSPS) is 10.3. The summed E-state index contributed by atoms with van der Waals surface area (Å²) in [5, 5.41) is 10.7. The molecular formula is C33H46N2O2S3. The Bertz CT molecular complexity index is 1110. The number of carbonyl (C=O) groups is 1. The molecule has 0 saturated carbocycles. The van der Waals surface area contributed by atoms with Gasteiger partial charge < -0.3 is 20.3 Å². The van der Waals surface area contributed by atoms with Crippen molar-refractivity contribution >= 4 is 46.7 Å². The van der Waals surface area contributed by atoms with Crippen LogP contribution in [-0.2, 0) is 11.2 Å². The van der Waals surface area contributed by atoms with E-state index in [1.807, 2.05) is 51.4 Å². The lowest BCUT2D eigenvalue weighted by atomic mass is 9.91. The summed E-state index contributed by atoms with van der Waals surface area (Å²) in [5.74, 6) is 1.07. The first-order valence-electron chi connectivity index (χ1n) is 13.4. The number of thioether (sulfide) groups is 1. The lowest BCUT2D eigenvalue weighted by Crippen LogP contribution is -2.11. The fourth-order valence-corrected chi connectivity index (χ4v) is 4.63. The zero-order valence-corrected chi connectivity index (χ0v) is 27.3. The summed E-state index contributed by atoms with van der Waals surface area (Å²) in [5.41, 5.74) is 4.60. The van der Waals surface area contributed by atoms with Crippen LogP contribution >= 0.6 is 34.2 Å². The van der Waals surface area contributed by atoms with Gasteiger partial charge in [-0.1, -0.05) is 92.9 Å². The van der Waals surface area contributed by atoms with Gasteiger partial charge in [0.25, 0.3) is 0 Å². The number of nitrogens with one attached hydrogen (secondary N) is 2. The molecule has 0 saturated heterocycles. The molecule has 0 amide bonds. The summed E-state index contributed by atoms with van der Waals surface area (Å²) in [4.78, 5) is 11.1. The maximum absolute atomic E-state index is 8.81. The number of rotatable bonds is 12. The third kappa shape index (κ3) is 15.4. The highest BCUT2D eigenvalue weighted by Gasteiger charge is 2.18. The quantitative estimate of drug-likeness (QED) is 0.0485. The Balaban J connectivity index is 0.00000171. The maximum atomic E-state index is 8.81. The number of hydrogen-bond acceptors (Lipinski definition) is 7. The summed E-state index contributed by atoms with van der Waals surface area (Å²) in [6.07, 6.45) is 5.88. The second-order valence-corrected chi connectivity index (χ2v) is 10.9. The number of carbonyl (C=O) groups excluding carboxylic acids is 1. The molecule has 0 aromatic heterocycles. The first-order valence-corrected chi connectivity index (χ1v) is 16.5. The molecule has 0 spiro atoms. The van der Waals surface area contributed by atoms with Crippen molar-refractivity contribution in [3.63, 3.8) is 0 Å². The van der Waals surface area contributed by atoms with E-state index in [1.165, 1.54) is 45.5 Å². The Morgan fingerprint density at radius 2 is 1.75 bits per heavy atom. The number of hydrogen-bond donors (Lipinski definition) is 3. The molecule has 0 radical (unpaired) electrons. The molecule has 4 nitrogen and oxygen atoms in total. The van der Waals surface area contributed by atoms with Gasteiger partial charge in [0.15, 0.2) is 0 Å². The zero-order chi connectivity index (χ0) is 30.2. The highest BCUT2D eigenvalue weighted by molar-refractivity contribution is 8.68. The zero-order valence-electron chi connectivity index (χ0n) is 24.8. The van der Waals surface area contributed by atoms with Crippen molar-refractivity contribution < 1.29 is 9.53 Å². The SMILES string of the molecule is C=C(Sc1cc(OCCCNC)ccc1C)C(Cc1cccc(C=N)c1)c1ccccc1.CC.CC=O.CSS. The van der Waals surface area contributed by atoms with Crippen LogP contribution in [0.1, 0.15) is 55.4 Å². The predicted molar refractivity (Wildman–Crippen MR) is 183 cm³/mol. The van der Waals surface area contributed by atoms with Crippen LogP contribution in [0.3, 0.4) is 0 Å². The van der Waals surface area contributed by atoms with E-state index in [-0.39, 0.29) is 5.92 Å². The van der Waals surface area contributed by atoms with Gasteiger partial charge in [-0.05, 0) is 85.8 Å². The largest absolute Gasteiger partial charge is 0.494 e. The first-order chi connectivity index (χ1) is 19.4. The molecule has 3 rings (SSSR count).